The molecule has 0 unspecified atom stereocenters. The summed E-state index contributed by atoms with van der Waals surface area (Å²) in [5.41, 5.74) is 5.83. The minimum absolute atomic E-state index is 0.225. The maximum absolute atomic E-state index is 12.1. The summed E-state index contributed by atoms with van der Waals surface area (Å²) in [5, 5.41) is 4.90. The number of aromatic nitrogens is 3. The molecule has 0 amide bonds. The van der Waals surface area contributed by atoms with Crippen molar-refractivity contribution in [1.82, 2.24) is 14.6 Å². The third kappa shape index (κ3) is 5.70. The van der Waals surface area contributed by atoms with Crippen LogP contribution in [-0.2, 0) is 38.5 Å². The number of carbonyl (C=O) groups is 1. The largest absolute Gasteiger partial charge is 0.466 e. The Morgan fingerprint density at radius 3 is 2.74 bits per heavy atom. The molecule has 0 saturated heterocycles. The summed E-state index contributed by atoms with van der Waals surface area (Å²) in [6.45, 7) is 5.58. The van der Waals surface area contributed by atoms with Gasteiger partial charge in [-0.3, -0.25) is 9.78 Å². The minimum Gasteiger partial charge on any atom is -0.466 e. The summed E-state index contributed by atoms with van der Waals surface area (Å²) in [5.74, 6) is -0.225. The molecule has 0 atom stereocenters. The Labute approximate surface area is 190 Å². The number of carbonyl (C=O) groups excluding carboxylic acids is 1. The molecule has 0 aliphatic heterocycles. The lowest BCUT2D eigenvalue weighted by Gasteiger charge is -2.17. The van der Waals surface area contributed by atoms with Gasteiger partial charge in [-0.25, -0.2) is 4.52 Å². The van der Waals surface area contributed by atoms with Crippen LogP contribution in [0.3, 0.4) is 0 Å². The van der Waals surface area contributed by atoms with Gasteiger partial charge in [0.05, 0.1) is 37.6 Å². The van der Waals surface area contributed by atoms with Crippen molar-refractivity contribution in [3.05, 3.63) is 52.0 Å². The molecule has 0 bridgehead atoms. The molecular weight excluding hydrogens is 462 g/mol. The van der Waals surface area contributed by atoms with Crippen LogP contribution in [0.25, 0.3) is 16.6 Å². The second-order valence-corrected chi connectivity index (χ2v) is 7.93. The normalized spacial score (nSPS) is 11.2. The number of halogens is 1. The van der Waals surface area contributed by atoms with Gasteiger partial charge >= 0.3 is 5.97 Å². The Bertz CT molecular complexity index is 1040. The number of hydrogen-bond donors (Lipinski definition) is 0. The average molecular weight is 490 g/mol. The third-order valence-electron chi connectivity index (χ3n) is 4.97. The highest BCUT2D eigenvalue weighted by atomic mass is 79.9. The SMILES string of the molecule is CCOC(=O)CCc1c(COCCOC)nn2c(CC)ccc2c1-c1cncc(Br)c1. The fourth-order valence-electron chi connectivity index (χ4n) is 3.55. The van der Waals surface area contributed by atoms with E-state index in [1.165, 1.54) is 0 Å². The van der Waals surface area contributed by atoms with E-state index in [0.717, 1.165) is 44.5 Å². The highest BCUT2D eigenvalue weighted by Gasteiger charge is 2.20. The van der Waals surface area contributed by atoms with Crippen molar-refractivity contribution < 1.29 is 19.0 Å². The van der Waals surface area contributed by atoms with Gasteiger partial charge in [-0.1, -0.05) is 6.92 Å². The zero-order chi connectivity index (χ0) is 22.2. The van der Waals surface area contributed by atoms with Crippen LogP contribution in [-0.4, -0.2) is 47.5 Å². The second-order valence-electron chi connectivity index (χ2n) is 7.02. The molecule has 31 heavy (non-hydrogen) atoms. The molecule has 166 valence electrons. The standard InChI is InChI=1S/C23H28BrN3O4/c1-4-18-6-8-21-23(16-12-17(24)14-25-13-16)19(7-9-22(28)31-5-2)20(26-27(18)21)15-30-11-10-29-3/h6,8,12-14H,4-5,7,9-11,15H2,1-3H3. The quantitative estimate of drug-likeness (QED) is 0.293. The van der Waals surface area contributed by atoms with Crippen molar-refractivity contribution in [2.45, 2.75) is 39.7 Å². The number of rotatable bonds is 11. The number of aryl methyl sites for hydroxylation is 1. The molecule has 0 spiro atoms. The van der Waals surface area contributed by atoms with Crippen LogP contribution in [0.2, 0.25) is 0 Å². The van der Waals surface area contributed by atoms with Crippen molar-refractivity contribution in [2.24, 2.45) is 0 Å². The van der Waals surface area contributed by atoms with E-state index in [4.69, 9.17) is 19.3 Å². The number of fused-ring (bicyclic) bond motifs is 1. The maximum atomic E-state index is 12.1. The number of methoxy groups -OCH3 is 1. The van der Waals surface area contributed by atoms with Crippen LogP contribution in [0.4, 0.5) is 0 Å². The monoisotopic (exact) mass is 489 g/mol. The van der Waals surface area contributed by atoms with E-state index >= 15 is 0 Å². The van der Waals surface area contributed by atoms with E-state index in [0.29, 0.717) is 32.8 Å². The molecule has 0 fully saturated rings. The number of ether oxygens (including phenoxy) is 3. The second kappa shape index (κ2) is 11.4. The maximum Gasteiger partial charge on any atom is 0.306 e. The topological polar surface area (TPSA) is 75.0 Å². The number of hydrogen-bond acceptors (Lipinski definition) is 6. The molecule has 0 radical (unpaired) electrons. The first-order valence-electron chi connectivity index (χ1n) is 10.4. The Hall–Kier alpha value is -2.29. The van der Waals surface area contributed by atoms with Crippen molar-refractivity contribution >= 4 is 27.4 Å². The van der Waals surface area contributed by atoms with E-state index in [1.807, 2.05) is 23.7 Å². The Kier molecular flexibility index (Phi) is 8.57. The lowest BCUT2D eigenvalue weighted by Crippen LogP contribution is -2.13. The smallest absolute Gasteiger partial charge is 0.306 e. The van der Waals surface area contributed by atoms with Gasteiger partial charge in [-0.15, -0.1) is 0 Å². The molecule has 0 aliphatic carbocycles. The summed E-state index contributed by atoms with van der Waals surface area (Å²) in [4.78, 5) is 16.5. The van der Waals surface area contributed by atoms with E-state index in [1.54, 1.807) is 13.3 Å². The molecule has 3 aromatic rings. The Morgan fingerprint density at radius 2 is 2.03 bits per heavy atom. The third-order valence-corrected chi connectivity index (χ3v) is 5.41. The first-order valence-corrected chi connectivity index (χ1v) is 11.2. The van der Waals surface area contributed by atoms with Crippen LogP contribution < -0.4 is 0 Å². The van der Waals surface area contributed by atoms with E-state index < -0.39 is 0 Å². The fourth-order valence-corrected chi connectivity index (χ4v) is 3.92. The van der Waals surface area contributed by atoms with Gasteiger partial charge in [0.2, 0.25) is 0 Å². The fraction of sp³-hybridized carbons (Fsp3) is 0.435. The van der Waals surface area contributed by atoms with Gasteiger partial charge in [0.1, 0.15) is 0 Å². The highest BCUT2D eigenvalue weighted by Crippen LogP contribution is 2.33. The molecular formula is C23H28BrN3O4. The molecule has 0 N–H and O–H groups in total. The zero-order valence-electron chi connectivity index (χ0n) is 18.2. The summed E-state index contributed by atoms with van der Waals surface area (Å²) in [6, 6.07) is 6.19. The minimum atomic E-state index is -0.225. The Balaban J connectivity index is 2.14. The summed E-state index contributed by atoms with van der Waals surface area (Å²) < 4.78 is 18.9. The average Bonchev–Trinajstić information content (AvgIpc) is 3.17. The molecule has 8 heteroatoms. The van der Waals surface area contributed by atoms with Crippen molar-refractivity contribution in [3.63, 3.8) is 0 Å². The highest BCUT2D eigenvalue weighted by molar-refractivity contribution is 9.10. The van der Waals surface area contributed by atoms with Crippen LogP contribution in [0, 0.1) is 0 Å². The first kappa shape index (κ1) is 23.4. The van der Waals surface area contributed by atoms with Crippen molar-refractivity contribution in [2.75, 3.05) is 26.9 Å². The van der Waals surface area contributed by atoms with Crippen LogP contribution in [0.5, 0.6) is 0 Å². The molecule has 3 heterocycles. The van der Waals surface area contributed by atoms with Gasteiger partial charge in [-0.2, -0.15) is 5.10 Å². The van der Waals surface area contributed by atoms with Crippen LogP contribution in [0.15, 0.2) is 35.1 Å². The molecule has 3 rings (SSSR count). The molecule has 0 saturated carbocycles. The Morgan fingerprint density at radius 1 is 1.19 bits per heavy atom. The lowest BCUT2D eigenvalue weighted by molar-refractivity contribution is -0.143. The number of esters is 1. The van der Waals surface area contributed by atoms with Crippen molar-refractivity contribution in [3.8, 4) is 11.1 Å². The van der Waals surface area contributed by atoms with Crippen LogP contribution >= 0.6 is 15.9 Å². The van der Waals surface area contributed by atoms with E-state index in [2.05, 4.69) is 40.0 Å². The van der Waals surface area contributed by atoms with Gasteiger partial charge < -0.3 is 14.2 Å². The molecule has 0 aliphatic rings. The zero-order valence-corrected chi connectivity index (χ0v) is 19.8. The van der Waals surface area contributed by atoms with E-state index in [9.17, 15) is 4.79 Å². The van der Waals surface area contributed by atoms with Gasteiger partial charge in [0, 0.05) is 47.2 Å². The predicted molar refractivity (Wildman–Crippen MR) is 122 cm³/mol. The lowest BCUT2D eigenvalue weighted by atomic mass is 9.96. The summed E-state index contributed by atoms with van der Waals surface area (Å²) >= 11 is 3.53. The summed E-state index contributed by atoms with van der Waals surface area (Å²) in [7, 11) is 1.64. The molecule has 0 aromatic carbocycles. The predicted octanol–water partition coefficient (Wildman–Crippen LogP) is 4.38. The van der Waals surface area contributed by atoms with Crippen molar-refractivity contribution in [1.29, 1.82) is 0 Å². The molecule has 3 aromatic heterocycles. The van der Waals surface area contributed by atoms with Gasteiger partial charge in [0.25, 0.3) is 0 Å². The number of nitrogens with zero attached hydrogens (tertiary/aromatic N) is 3. The van der Waals surface area contributed by atoms with Crippen LogP contribution in [0.1, 0.15) is 37.2 Å². The van der Waals surface area contributed by atoms with E-state index in [-0.39, 0.29) is 12.4 Å². The molecule has 7 nitrogen and oxygen atoms in total. The van der Waals surface area contributed by atoms with Gasteiger partial charge in [0.15, 0.2) is 0 Å². The van der Waals surface area contributed by atoms with Gasteiger partial charge in [-0.05, 0) is 59.5 Å². The first-order chi connectivity index (χ1) is 15.1. The number of pyridine rings is 1. The summed E-state index contributed by atoms with van der Waals surface area (Å²) in [6.07, 6.45) is 5.21.